The van der Waals surface area contributed by atoms with E-state index in [1.165, 1.54) is 25.7 Å². The number of likely N-dealkylation sites (tertiary alicyclic amines) is 1. The summed E-state index contributed by atoms with van der Waals surface area (Å²) in [4.78, 5) is 19.4. The molecule has 5 rings (SSSR count). The number of hydrogen-bond acceptors (Lipinski definition) is 6. The van der Waals surface area contributed by atoms with Crippen molar-refractivity contribution >= 4 is 29.0 Å². The summed E-state index contributed by atoms with van der Waals surface area (Å²) < 4.78 is 0. The lowest BCUT2D eigenvalue weighted by molar-refractivity contribution is -0.132. The number of benzene rings is 1. The van der Waals surface area contributed by atoms with Gasteiger partial charge in [0.25, 0.3) is 0 Å². The normalized spacial score (nSPS) is 28.3. The topological polar surface area (TPSA) is 66.2 Å². The summed E-state index contributed by atoms with van der Waals surface area (Å²) in [7, 11) is 6.02. The monoisotopic (exact) mass is 482 g/mol. The minimum atomic E-state index is 0.185. The number of amides is 1. The number of fused-ring (bicyclic) bond motifs is 1. The molecule has 7 nitrogen and oxygen atoms in total. The Labute approximate surface area is 207 Å². The molecule has 3 fully saturated rings. The molecule has 8 heteroatoms. The van der Waals surface area contributed by atoms with Gasteiger partial charge >= 0.3 is 0 Å². The fourth-order valence-electron chi connectivity index (χ4n) is 6.22. The van der Waals surface area contributed by atoms with E-state index in [1.807, 2.05) is 38.2 Å². The highest BCUT2D eigenvalue weighted by molar-refractivity contribution is 6.32. The minimum absolute atomic E-state index is 0.185. The molecule has 2 aliphatic heterocycles. The Balaban J connectivity index is 1.27. The Morgan fingerprint density at radius 3 is 2.50 bits per heavy atom. The van der Waals surface area contributed by atoms with Crippen LogP contribution in [-0.4, -0.2) is 79.8 Å². The average molecular weight is 483 g/mol. The maximum Gasteiger partial charge on any atom is 0.226 e. The molecule has 1 aromatic carbocycles. The highest BCUT2D eigenvalue weighted by Crippen LogP contribution is 2.53. The third-order valence-electron chi connectivity index (χ3n) is 8.31. The van der Waals surface area contributed by atoms with Crippen LogP contribution in [0.25, 0.3) is 0 Å². The van der Waals surface area contributed by atoms with Gasteiger partial charge in [0.05, 0.1) is 22.3 Å². The summed E-state index contributed by atoms with van der Waals surface area (Å²) in [5, 5.41) is 17.0. The number of anilines is 1. The van der Waals surface area contributed by atoms with Crippen molar-refractivity contribution in [1.82, 2.24) is 14.7 Å². The van der Waals surface area contributed by atoms with Crippen molar-refractivity contribution < 1.29 is 4.79 Å². The third kappa shape index (κ3) is 4.38. The van der Waals surface area contributed by atoms with E-state index in [9.17, 15) is 10.1 Å². The molecular formula is C26H35ClN6O. The van der Waals surface area contributed by atoms with Crippen LogP contribution in [0.2, 0.25) is 5.02 Å². The zero-order valence-electron chi connectivity index (χ0n) is 20.5. The van der Waals surface area contributed by atoms with E-state index in [4.69, 9.17) is 16.7 Å². The second kappa shape index (κ2) is 9.39. The molecule has 0 bridgehead atoms. The lowest BCUT2D eigenvalue weighted by atomic mass is 9.94. The maximum atomic E-state index is 12.9. The van der Waals surface area contributed by atoms with Gasteiger partial charge in [-0.25, -0.2) is 0 Å². The quantitative estimate of drug-likeness (QED) is 0.621. The fraction of sp³-hybridized carbons (Fsp3) is 0.654. The summed E-state index contributed by atoms with van der Waals surface area (Å²) in [5.74, 6) is 3.19. The fourth-order valence-corrected chi connectivity index (χ4v) is 6.44. The molecule has 0 radical (unpaired) electrons. The van der Waals surface area contributed by atoms with E-state index in [2.05, 4.69) is 20.9 Å². The van der Waals surface area contributed by atoms with Gasteiger partial charge in [0.15, 0.2) is 0 Å². The number of hydrogen-bond donors (Lipinski definition) is 0. The van der Waals surface area contributed by atoms with Crippen LogP contribution in [0.15, 0.2) is 23.3 Å². The van der Waals surface area contributed by atoms with Crippen LogP contribution in [0.4, 0.5) is 5.69 Å². The summed E-state index contributed by atoms with van der Waals surface area (Å²) >= 11 is 6.37. The number of amidine groups is 1. The number of hydrazone groups is 1. The highest BCUT2D eigenvalue weighted by atomic mass is 35.5. The van der Waals surface area contributed by atoms with E-state index in [0.717, 1.165) is 44.1 Å². The van der Waals surface area contributed by atoms with Crippen molar-refractivity contribution in [3.8, 4) is 6.07 Å². The van der Waals surface area contributed by atoms with Gasteiger partial charge in [0.2, 0.25) is 5.91 Å². The molecular weight excluding hydrogens is 448 g/mol. The smallest absolute Gasteiger partial charge is 0.226 e. The molecule has 2 heterocycles. The van der Waals surface area contributed by atoms with Gasteiger partial charge in [0.1, 0.15) is 11.9 Å². The molecule has 182 valence electrons. The first-order chi connectivity index (χ1) is 16.4. The van der Waals surface area contributed by atoms with E-state index in [-0.39, 0.29) is 5.92 Å². The molecule has 0 N–H and O–H groups in total. The maximum absolute atomic E-state index is 12.9. The number of likely N-dealkylation sites (N-methyl/N-ethyl adjacent to an activating group) is 2. The van der Waals surface area contributed by atoms with Crippen LogP contribution < -0.4 is 5.01 Å². The van der Waals surface area contributed by atoms with E-state index in [1.54, 1.807) is 6.07 Å². The van der Waals surface area contributed by atoms with Crippen LogP contribution in [0.5, 0.6) is 0 Å². The Bertz CT molecular complexity index is 1000. The molecule has 34 heavy (non-hydrogen) atoms. The van der Waals surface area contributed by atoms with Gasteiger partial charge in [0, 0.05) is 45.6 Å². The average Bonchev–Trinajstić information content (AvgIpc) is 3.32. The van der Waals surface area contributed by atoms with Gasteiger partial charge in [-0.2, -0.15) is 10.4 Å². The van der Waals surface area contributed by atoms with Gasteiger partial charge in [-0.15, -0.1) is 0 Å². The largest absolute Gasteiger partial charge is 0.358 e. The summed E-state index contributed by atoms with van der Waals surface area (Å²) in [6.07, 6.45) is 6.02. The number of nitriles is 1. The molecule has 2 aliphatic carbocycles. The van der Waals surface area contributed by atoms with E-state index >= 15 is 0 Å². The summed E-state index contributed by atoms with van der Waals surface area (Å²) in [6, 6.07) is 8.14. The number of nitrogens with zero attached hydrogens (tertiary/aromatic N) is 6. The van der Waals surface area contributed by atoms with Crippen LogP contribution in [0, 0.1) is 35.0 Å². The van der Waals surface area contributed by atoms with Gasteiger partial charge in [-0.1, -0.05) is 24.4 Å². The molecule has 2 unspecified atom stereocenters. The first-order valence-corrected chi connectivity index (χ1v) is 13.0. The van der Waals surface area contributed by atoms with Crippen LogP contribution in [0.1, 0.15) is 37.7 Å². The molecule has 4 atom stereocenters. The Kier molecular flexibility index (Phi) is 6.47. The standard InChI is InChI=1S/C26H35ClN6O/c1-30(2)10-11-31(3)26(34)25-20-15-32(16-21(20)25)24-13-23(17-6-4-5-7-17)33(29-24)19-9-8-18(14-28)22(27)12-19/h8-9,12,17,20-21,23,25H,4-7,10-11,13,15-16H2,1-3H3/t20-,21+,23?,25?. The second-order valence-corrected chi connectivity index (χ2v) is 11.2. The number of carbonyl (C=O) groups is 1. The molecule has 1 amide bonds. The summed E-state index contributed by atoms with van der Waals surface area (Å²) in [5.41, 5.74) is 1.47. The van der Waals surface area contributed by atoms with Gasteiger partial charge < -0.3 is 14.7 Å². The number of carbonyl (C=O) groups excluding carboxylic acids is 1. The van der Waals surface area contributed by atoms with Crippen molar-refractivity contribution in [2.75, 3.05) is 52.3 Å². The van der Waals surface area contributed by atoms with E-state index in [0.29, 0.717) is 40.3 Å². The second-order valence-electron chi connectivity index (χ2n) is 10.8. The SMILES string of the molecule is CN(C)CCN(C)C(=O)C1[C@H]2CN(C3=NN(c4ccc(C#N)c(Cl)c4)C(C4CCCC4)C3)C[C@@H]12. The van der Waals surface area contributed by atoms with Crippen molar-refractivity contribution in [3.05, 3.63) is 28.8 Å². The van der Waals surface area contributed by atoms with Crippen molar-refractivity contribution in [2.45, 2.75) is 38.1 Å². The van der Waals surface area contributed by atoms with Gasteiger partial charge in [-0.05, 0) is 62.9 Å². The number of halogens is 1. The predicted molar refractivity (Wildman–Crippen MR) is 135 cm³/mol. The predicted octanol–water partition coefficient (Wildman–Crippen LogP) is 3.49. The first-order valence-electron chi connectivity index (χ1n) is 12.6. The zero-order chi connectivity index (χ0) is 24.0. The molecule has 0 spiro atoms. The van der Waals surface area contributed by atoms with Crippen molar-refractivity contribution in [2.24, 2.45) is 28.8 Å². The van der Waals surface area contributed by atoms with Gasteiger partial charge in [-0.3, -0.25) is 9.80 Å². The molecule has 4 aliphatic rings. The van der Waals surface area contributed by atoms with E-state index < -0.39 is 0 Å². The first kappa shape index (κ1) is 23.4. The van der Waals surface area contributed by atoms with Crippen molar-refractivity contribution in [1.29, 1.82) is 5.26 Å². The number of piperidine rings is 1. The van der Waals surface area contributed by atoms with Crippen LogP contribution in [-0.2, 0) is 4.79 Å². The summed E-state index contributed by atoms with van der Waals surface area (Å²) in [6.45, 7) is 3.54. The highest BCUT2D eigenvalue weighted by Gasteiger charge is 2.60. The number of rotatable bonds is 6. The van der Waals surface area contributed by atoms with Crippen LogP contribution >= 0.6 is 11.6 Å². The Hall–Kier alpha value is -2.30. The zero-order valence-corrected chi connectivity index (χ0v) is 21.2. The molecule has 0 aromatic heterocycles. The van der Waals surface area contributed by atoms with Crippen molar-refractivity contribution in [3.63, 3.8) is 0 Å². The Morgan fingerprint density at radius 1 is 1.18 bits per heavy atom. The third-order valence-corrected chi connectivity index (χ3v) is 8.63. The lowest BCUT2D eigenvalue weighted by Crippen LogP contribution is -2.38. The molecule has 1 aromatic rings. The minimum Gasteiger partial charge on any atom is -0.358 e. The molecule has 2 saturated carbocycles. The Morgan fingerprint density at radius 2 is 1.88 bits per heavy atom. The lowest BCUT2D eigenvalue weighted by Gasteiger charge is -2.28. The van der Waals surface area contributed by atoms with Crippen LogP contribution in [0.3, 0.4) is 0 Å². The molecule has 1 saturated heterocycles.